The Bertz CT molecular complexity index is 1020. The summed E-state index contributed by atoms with van der Waals surface area (Å²) in [6.45, 7) is 8.18. The first-order valence-corrected chi connectivity index (χ1v) is 12.7. The van der Waals surface area contributed by atoms with E-state index in [0.717, 1.165) is 35.5 Å². The lowest BCUT2D eigenvalue weighted by Gasteiger charge is -2.40. The number of nitriles is 1. The number of nitrogens with zero attached hydrogens (tertiary/aromatic N) is 2. The Labute approximate surface area is 214 Å². The predicted molar refractivity (Wildman–Crippen MR) is 144 cm³/mol. The zero-order valence-electron chi connectivity index (χ0n) is 20.5. The number of amides is 1. The minimum Gasteiger partial charge on any atom is -0.309 e. The molecule has 34 heavy (non-hydrogen) atoms. The van der Waals surface area contributed by atoms with E-state index in [1.807, 2.05) is 80.3 Å². The normalized spacial score (nSPS) is 21.7. The number of hydrogen-bond acceptors (Lipinski definition) is 2. The Morgan fingerprint density at radius 3 is 2.29 bits per heavy atom. The van der Waals surface area contributed by atoms with Gasteiger partial charge >= 0.3 is 0 Å². The first-order valence-electron chi connectivity index (χ1n) is 12.0. The van der Waals surface area contributed by atoms with Crippen LogP contribution in [-0.4, -0.2) is 11.9 Å². The quantitative estimate of drug-likeness (QED) is 0.418. The van der Waals surface area contributed by atoms with Gasteiger partial charge in [0.1, 0.15) is 0 Å². The molecule has 0 spiro atoms. The number of rotatable bonds is 2. The summed E-state index contributed by atoms with van der Waals surface area (Å²) >= 11 is 12.2. The fraction of sp³-hybridized carbons (Fsp3) is 0.379. The summed E-state index contributed by atoms with van der Waals surface area (Å²) in [6, 6.07) is 17.3. The van der Waals surface area contributed by atoms with Crippen molar-refractivity contribution in [3.63, 3.8) is 0 Å². The van der Waals surface area contributed by atoms with Gasteiger partial charge in [0.2, 0.25) is 5.91 Å². The van der Waals surface area contributed by atoms with Crippen LogP contribution in [0.5, 0.6) is 0 Å². The molecule has 5 heteroatoms. The van der Waals surface area contributed by atoms with E-state index in [1.54, 1.807) is 0 Å². The molecule has 0 radical (unpaired) electrons. The van der Waals surface area contributed by atoms with Crippen LogP contribution < -0.4 is 4.90 Å². The Kier molecular flexibility index (Phi) is 11.4. The van der Waals surface area contributed by atoms with Gasteiger partial charge in [-0.25, -0.2) is 0 Å². The molecule has 1 aliphatic carbocycles. The van der Waals surface area contributed by atoms with Gasteiger partial charge in [-0.2, -0.15) is 5.26 Å². The highest BCUT2D eigenvalue weighted by Crippen LogP contribution is 2.35. The Morgan fingerprint density at radius 2 is 1.68 bits per heavy atom. The van der Waals surface area contributed by atoms with E-state index in [-0.39, 0.29) is 11.9 Å². The number of hydrogen-bond donors (Lipinski definition) is 0. The van der Waals surface area contributed by atoms with Crippen molar-refractivity contribution in [2.24, 2.45) is 11.8 Å². The second-order valence-electron chi connectivity index (χ2n) is 8.47. The zero-order valence-corrected chi connectivity index (χ0v) is 22.0. The average molecular weight is 498 g/mol. The van der Waals surface area contributed by atoms with Crippen LogP contribution in [0.1, 0.15) is 57.6 Å². The number of allylic oxidation sites excluding steroid dienone is 3. The summed E-state index contributed by atoms with van der Waals surface area (Å²) in [7, 11) is 0. The molecule has 2 aliphatic rings. The maximum absolute atomic E-state index is 12.6. The minimum absolute atomic E-state index is 0.187. The highest BCUT2D eigenvalue weighted by atomic mass is 35.5. The van der Waals surface area contributed by atoms with E-state index in [4.69, 9.17) is 28.5 Å². The van der Waals surface area contributed by atoms with Crippen molar-refractivity contribution < 1.29 is 4.79 Å². The summed E-state index contributed by atoms with van der Waals surface area (Å²) in [5.74, 6) is 0.928. The molecule has 4 rings (SSSR count). The molecule has 1 aliphatic heterocycles. The predicted octanol–water partition coefficient (Wildman–Crippen LogP) is 8.45. The number of benzene rings is 2. The second-order valence-corrected chi connectivity index (χ2v) is 9.34. The highest BCUT2D eigenvalue weighted by Gasteiger charge is 2.34. The van der Waals surface area contributed by atoms with Gasteiger partial charge in [-0.05, 0) is 80.5 Å². The van der Waals surface area contributed by atoms with Crippen molar-refractivity contribution in [1.29, 1.82) is 5.26 Å². The van der Waals surface area contributed by atoms with Crippen LogP contribution in [0.2, 0.25) is 5.02 Å². The lowest BCUT2D eigenvalue weighted by molar-refractivity contribution is -0.120. The standard InChI is InChI=1S/C19H21Cl2NO.C8H7N.C2H6/c1-13-11-14(5-6-16(21)12-13)18-3-2-4-19(23)22(18)17-9-7-15(20)8-10-17;1-7-2-4-8(6-9)5-3-7;1-2/h5-10,12-14,18H,2-4,11H2,1H3;2-5H,1H3;1-2H3. The first-order chi connectivity index (χ1) is 16.4. The summed E-state index contributed by atoms with van der Waals surface area (Å²) in [5, 5.41) is 9.86. The van der Waals surface area contributed by atoms with Crippen LogP contribution in [0.15, 0.2) is 71.8 Å². The van der Waals surface area contributed by atoms with Crippen LogP contribution in [0.4, 0.5) is 5.69 Å². The lowest BCUT2D eigenvalue weighted by Crippen LogP contribution is -2.47. The molecule has 3 atom stereocenters. The van der Waals surface area contributed by atoms with Crippen molar-refractivity contribution in [1.82, 2.24) is 0 Å². The van der Waals surface area contributed by atoms with Gasteiger partial charge in [0.25, 0.3) is 0 Å². The van der Waals surface area contributed by atoms with E-state index in [9.17, 15) is 4.79 Å². The van der Waals surface area contributed by atoms with Crippen LogP contribution in [-0.2, 0) is 4.79 Å². The monoisotopic (exact) mass is 496 g/mol. The van der Waals surface area contributed by atoms with E-state index in [1.165, 1.54) is 5.56 Å². The smallest absolute Gasteiger partial charge is 0.227 e. The van der Waals surface area contributed by atoms with E-state index >= 15 is 0 Å². The second kappa shape index (κ2) is 14.0. The van der Waals surface area contributed by atoms with Crippen molar-refractivity contribution in [3.05, 3.63) is 87.9 Å². The van der Waals surface area contributed by atoms with Gasteiger partial charge in [-0.15, -0.1) is 0 Å². The molecule has 0 bridgehead atoms. The summed E-state index contributed by atoms with van der Waals surface area (Å²) in [4.78, 5) is 14.6. The number of carbonyl (C=O) groups excluding carboxylic acids is 1. The van der Waals surface area contributed by atoms with Crippen molar-refractivity contribution in [2.45, 2.75) is 59.4 Å². The third-order valence-electron chi connectivity index (χ3n) is 5.86. The zero-order chi connectivity index (χ0) is 25.1. The van der Waals surface area contributed by atoms with Gasteiger partial charge in [0.05, 0.1) is 11.6 Å². The van der Waals surface area contributed by atoms with Crippen LogP contribution in [0.25, 0.3) is 0 Å². The SMILES string of the molecule is CC.CC1C=C(Cl)C=CC(C2CCCC(=O)N2c2ccc(Cl)cc2)C1.Cc1ccc(C#N)cc1. The molecule has 2 aromatic carbocycles. The summed E-state index contributed by atoms with van der Waals surface area (Å²) < 4.78 is 0. The summed E-state index contributed by atoms with van der Waals surface area (Å²) in [5.41, 5.74) is 2.85. The lowest BCUT2D eigenvalue weighted by atomic mass is 9.84. The van der Waals surface area contributed by atoms with Gasteiger partial charge in [-0.3, -0.25) is 4.79 Å². The maximum Gasteiger partial charge on any atom is 0.227 e. The fourth-order valence-electron chi connectivity index (χ4n) is 4.27. The third kappa shape index (κ3) is 8.05. The van der Waals surface area contributed by atoms with Crippen LogP contribution >= 0.6 is 23.2 Å². The third-order valence-corrected chi connectivity index (χ3v) is 6.36. The molecule has 1 heterocycles. The maximum atomic E-state index is 12.6. The van der Waals surface area contributed by atoms with E-state index in [2.05, 4.69) is 25.1 Å². The molecule has 1 saturated heterocycles. The molecule has 0 N–H and O–H groups in total. The van der Waals surface area contributed by atoms with Gasteiger partial charge in [0.15, 0.2) is 0 Å². The molecular weight excluding hydrogens is 463 g/mol. The Morgan fingerprint density at radius 1 is 1.03 bits per heavy atom. The number of piperidine rings is 1. The molecule has 1 amide bonds. The number of aryl methyl sites for hydroxylation is 1. The molecule has 3 nitrogen and oxygen atoms in total. The minimum atomic E-state index is 0.187. The molecule has 3 unspecified atom stereocenters. The van der Waals surface area contributed by atoms with Crippen molar-refractivity contribution in [3.8, 4) is 6.07 Å². The topological polar surface area (TPSA) is 44.1 Å². The van der Waals surface area contributed by atoms with Crippen LogP contribution in [0, 0.1) is 30.1 Å². The number of carbonyl (C=O) groups is 1. The van der Waals surface area contributed by atoms with E-state index in [0.29, 0.717) is 23.3 Å². The van der Waals surface area contributed by atoms with Gasteiger partial charge in [-0.1, -0.05) is 73.8 Å². The Hall–Kier alpha value is -2.54. The molecule has 0 saturated carbocycles. The van der Waals surface area contributed by atoms with Gasteiger partial charge < -0.3 is 4.90 Å². The van der Waals surface area contributed by atoms with Crippen LogP contribution in [0.3, 0.4) is 0 Å². The Balaban J connectivity index is 0.000000311. The highest BCUT2D eigenvalue weighted by molar-refractivity contribution is 6.31. The average Bonchev–Trinajstić information content (AvgIpc) is 3.01. The number of halogens is 2. The van der Waals surface area contributed by atoms with E-state index < -0.39 is 0 Å². The largest absolute Gasteiger partial charge is 0.309 e. The van der Waals surface area contributed by atoms with Gasteiger partial charge in [0, 0.05) is 28.2 Å². The fourth-order valence-corrected chi connectivity index (χ4v) is 4.69. The summed E-state index contributed by atoms with van der Waals surface area (Å²) in [6.07, 6.45) is 9.85. The molecular formula is C29H34Cl2N2O. The first kappa shape index (κ1) is 27.7. The van der Waals surface area contributed by atoms with Crippen molar-refractivity contribution >= 4 is 34.8 Å². The molecule has 180 valence electrons. The molecule has 0 aromatic heterocycles. The van der Waals surface area contributed by atoms with Crippen molar-refractivity contribution in [2.75, 3.05) is 4.90 Å². The number of anilines is 1. The molecule has 2 aromatic rings. The molecule has 1 fully saturated rings.